The number of nitrogens with zero attached hydrogens (tertiary/aromatic N) is 2. The molecule has 110 valence electrons. The fourth-order valence-electron chi connectivity index (χ4n) is 2.47. The van der Waals surface area contributed by atoms with E-state index in [9.17, 15) is 14.3 Å². The third kappa shape index (κ3) is 4.02. The van der Waals surface area contributed by atoms with Gasteiger partial charge in [-0.1, -0.05) is 18.2 Å². The highest BCUT2D eigenvalue weighted by Crippen LogP contribution is 2.10. The van der Waals surface area contributed by atoms with Gasteiger partial charge in [0.15, 0.2) is 0 Å². The Morgan fingerprint density at radius 2 is 1.95 bits per heavy atom. The van der Waals surface area contributed by atoms with Crippen molar-refractivity contribution >= 4 is 5.91 Å². The van der Waals surface area contributed by atoms with Crippen molar-refractivity contribution in [3.8, 4) is 0 Å². The van der Waals surface area contributed by atoms with E-state index in [-0.39, 0.29) is 24.2 Å². The Hall–Kier alpha value is -1.46. The van der Waals surface area contributed by atoms with Crippen LogP contribution in [0, 0.1) is 5.82 Å². The van der Waals surface area contributed by atoms with Crippen LogP contribution in [0.2, 0.25) is 0 Å². The van der Waals surface area contributed by atoms with Crippen molar-refractivity contribution in [2.75, 3.05) is 32.7 Å². The number of carbonyl (C=O) groups excluding carboxylic acids is 1. The Bertz CT molecular complexity index is 457. The molecule has 0 spiro atoms. The number of β-amino-alcohol motifs (C(OH)–C–C–N with tert-alkyl or cyclic N) is 1. The molecule has 1 saturated heterocycles. The molecule has 0 bridgehead atoms. The van der Waals surface area contributed by atoms with Gasteiger partial charge >= 0.3 is 0 Å². The summed E-state index contributed by atoms with van der Waals surface area (Å²) in [6.45, 7) is 5.19. The zero-order valence-electron chi connectivity index (χ0n) is 11.8. The Labute approximate surface area is 118 Å². The van der Waals surface area contributed by atoms with Gasteiger partial charge in [0.05, 0.1) is 12.5 Å². The number of hydrogen-bond acceptors (Lipinski definition) is 3. The first-order chi connectivity index (χ1) is 9.56. The Morgan fingerprint density at radius 1 is 1.30 bits per heavy atom. The second-order valence-corrected chi connectivity index (χ2v) is 5.30. The maximum atomic E-state index is 13.5. The number of rotatable bonds is 4. The molecule has 1 fully saturated rings. The van der Waals surface area contributed by atoms with Gasteiger partial charge in [0.1, 0.15) is 5.82 Å². The molecule has 0 saturated carbocycles. The summed E-state index contributed by atoms with van der Waals surface area (Å²) in [5.74, 6) is -0.361. The maximum Gasteiger partial charge on any atom is 0.227 e. The van der Waals surface area contributed by atoms with Gasteiger partial charge in [-0.25, -0.2) is 4.39 Å². The number of halogens is 1. The third-order valence-corrected chi connectivity index (χ3v) is 3.55. The van der Waals surface area contributed by atoms with Gasteiger partial charge in [-0.3, -0.25) is 9.69 Å². The summed E-state index contributed by atoms with van der Waals surface area (Å²) in [5, 5.41) is 9.34. The van der Waals surface area contributed by atoms with E-state index in [0.717, 1.165) is 13.1 Å². The highest BCUT2D eigenvalue weighted by atomic mass is 19.1. The highest BCUT2D eigenvalue weighted by Gasteiger charge is 2.22. The van der Waals surface area contributed by atoms with Crippen molar-refractivity contribution in [2.24, 2.45) is 0 Å². The minimum absolute atomic E-state index is 0.0354. The van der Waals surface area contributed by atoms with Crippen molar-refractivity contribution in [1.29, 1.82) is 0 Å². The number of piperazine rings is 1. The predicted octanol–water partition coefficient (Wildman–Crippen LogP) is 0.893. The van der Waals surface area contributed by atoms with Crippen molar-refractivity contribution in [3.63, 3.8) is 0 Å². The summed E-state index contributed by atoms with van der Waals surface area (Å²) < 4.78 is 13.5. The van der Waals surface area contributed by atoms with Crippen molar-refractivity contribution in [1.82, 2.24) is 9.80 Å². The molecule has 2 rings (SSSR count). The SMILES string of the molecule is C[C@H](O)CN1CCN(C(=O)Cc2ccccc2F)CC1. The number of benzene rings is 1. The van der Waals surface area contributed by atoms with E-state index in [2.05, 4.69) is 4.90 Å². The molecule has 5 heteroatoms. The second-order valence-electron chi connectivity index (χ2n) is 5.30. The van der Waals surface area contributed by atoms with E-state index in [1.807, 2.05) is 0 Å². The molecule has 20 heavy (non-hydrogen) atoms. The van der Waals surface area contributed by atoms with Crippen LogP contribution in [0.15, 0.2) is 24.3 Å². The van der Waals surface area contributed by atoms with Crippen LogP contribution in [-0.2, 0) is 11.2 Å². The molecule has 0 aliphatic carbocycles. The molecule has 1 aliphatic rings. The van der Waals surface area contributed by atoms with Crippen molar-refractivity contribution in [3.05, 3.63) is 35.6 Å². The fraction of sp³-hybridized carbons (Fsp3) is 0.533. The summed E-state index contributed by atoms with van der Waals surface area (Å²) in [7, 11) is 0. The standard InChI is InChI=1S/C15H21FN2O2/c1-12(19)11-17-6-8-18(9-7-17)15(20)10-13-4-2-3-5-14(13)16/h2-5,12,19H,6-11H2,1H3/t12-/m0/s1. The summed E-state index contributed by atoms with van der Waals surface area (Å²) in [6, 6.07) is 6.39. The quantitative estimate of drug-likeness (QED) is 0.891. The predicted molar refractivity (Wildman–Crippen MR) is 74.8 cm³/mol. The lowest BCUT2D eigenvalue weighted by atomic mass is 10.1. The van der Waals surface area contributed by atoms with Crippen LogP contribution in [0.4, 0.5) is 4.39 Å². The van der Waals surface area contributed by atoms with E-state index in [1.165, 1.54) is 6.07 Å². The highest BCUT2D eigenvalue weighted by molar-refractivity contribution is 5.78. The molecule has 1 aromatic rings. The Morgan fingerprint density at radius 3 is 2.55 bits per heavy atom. The van der Waals surface area contributed by atoms with Crippen LogP contribution in [0.3, 0.4) is 0 Å². The van der Waals surface area contributed by atoms with Gasteiger partial charge in [-0.15, -0.1) is 0 Å². The lowest BCUT2D eigenvalue weighted by Gasteiger charge is -2.35. The van der Waals surface area contributed by atoms with Crippen LogP contribution in [0.1, 0.15) is 12.5 Å². The second kappa shape index (κ2) is 6.81. The minimum Gasteiger partial charge on any atom is -0.392 e. The number of hydrogen-bond donors (Lipinski definition) is 1. The molecule has 1 aromatic carbocycles. The minimum atomic E-state index is -0.351. The van der Waals surface area contributed by atoms with Crippen LogP contribution in [0.25, 0.3) is 0 Å². The summed E-state index contributed by atoms with van der Waals surface area (Å²) in [6.07, 6.45) is -0.237. The van der Waals surface area contributed by atoms with Gasteiger partial charge in [0, 0.05) is 32.7 Å². The summed E-state index contributed by atoms with van der Waals surface area (Å²) in [4.78, 5) is 16.0. The van der Waals surface area contributed by atoms with Crippen LogP contribution in [0.5, 0.6) is 0 Å². The summed E-state index contributed by atoms with van der Waals surface area (Å²) >= 11 is 0. The third-order valence-electron chi connectivity index (χ3n) is 3.55. The molecule has 0 radical (unpaired) electrons. The number of amides is 1. The van der Waals surface area contributed by atoms with E-state index in [0.29, 0.717) is 25.2 Å². The molecule has 1 atom stereocenters. The average Bonchev–Trinajstić information content (AvgIpc) is 2.41. The lowest BCUT2D eigenvalue weighted by molar-refractivity contribution is -0.132. The van der Waals surface area contributed by atoms with Crippen LogP contribution >= 0.6 is 0 Å². The maximum absolute atomic E-state index is 13.5. The smallest absolute Gasteiger partial charge is 0.227 e. The lowest BCUT2D eigenvalue weighted by Crippen LogP contribution is -2.50. The van der Waals surface area contributed by atoms with Crippen LogP contribution in [-0.4, -0.2) is 59.6 Å². The molecule has 1 amide bonds. The molecular weight excluding hydrogens is 259 g/mol. The number of aliphatic hydroxyl groups is 1. The Balaban J connectivity index is 1.85. The topological polar surface area (TPSA) is 43.8 Å². The average molecular weight is 280 g/mol. The first kappa shape index (κ1) is 14.9. The molecular formula is C15H21FN2O2. The van der Waals surface area contributed by atoms with E-state index in [4.69, 9.17) is 0 Å². The monoisotopic (exact) mass is 280 g/mol. The molecule has 1 N–H and O–H groups in total. The number of carbonyl (C=O) groups is 1. The largest absolute Gasteiger partial charge is 0.392 e. The van der Waals surface area contributed by atoms with E-state index >= 15 is 0 Å². The van der Waals surface area contributed by atoms with E-state index < -0.39 is 0 Å². The molecule has 0 aromatic heterocycles. The molecule has 1 aliphatic heterocycles. The van der Waals surface area contributed by atoms with Gasteiger partial charge in [0.2, 0.25) is 5.91 Å². The van der Waals surface area contributed by atoms with Gasteiger partial charge < -0.3 is 10.0 Å². The van der Waals surface area contributed by atoms with E-state index in [1.54, 1.807) is 30.0 Å². The van der Waals surface area contributed by atoms with Crippen LogP contribution < -0.4 is 0 Å². The van der Waals surface area contributed by atoms with Gasteiger partial charge in [0.25, 0.3) is 0 Å². The Kier molecular flexibility index (Phi) is 5.09. The first-order valence-corrected chi connectivity index (χ1v) is 6.98. The van der Waals surface area contributed by atoms with Crippen molar-refractivity contribution < 1.29 is 14.3 Å². The molecule has 0 unspecified atom stereocenters. The fourth-order valence-corrected chi connectivity index (χ4v) is 2.47. The normalized spacial score (nSPS) is 18.1. The zero-order valence-corrected chi connectivity index (χ0v) is 11.8. The summed E-state index contributed by atoms with van der Waals surface area (Å²) in [5.41, 5.74) is 0.448. The zero-order chi connectivity index (χ0) is 14.5. The number of aliphatic hydroxyl groups excluding tert-OH is 1. The van der Waals surface area contributed by atoms with Gasteiger partial charge in [-0.05, 0) is 18.6 Å². The molecule has 1 heterocycles. The van der Waals surface area contributed by atoms with Gasteiger partial charge in [-0.2, -0.15) is 0 Å². The molecule has 4 nitrogen and oxygen atoms in total. The first-order valence-electron chi connectivity index (χ1n) is 6.98. The van der Waals surface area contributed by atoms with Crippen molar-refractivity contribution in [2.45, 2.75) is 19.4 Å².